The van der Waals surface area contributed by atoms with Gasteiger partial charge in [-0.3, -0.25) is 4.79 Å². The molecule has 12 unspecified atom stereocenters. The van der Waals surface area contributed by atoms with E-state index in [9.17, 15) is 45.6 Å². The van der Waals surface area contributed by atoms with E-state index in [1.165, 1.54) is 128 Å². The first-order chi connectivity index (χ1) is 49.6. The molecule has 2 aliphatic heterocycles. The molecule has 12 atom stereocenters. The zero-order chi connectivity index (χ0) is 73.0. The molecule has 0 spiro atoms. The molecule has 2 fully saturated rings. The molecule has 14 nitrogen and oxygen atoms in total. The van der Waals surface area contributed by atoms with Crippen LogP contribution in [0.25, 0.3) is 0 Å². The van der Waals surface area contributed by atoms with Crippen LogP contribution in [-0.4, -0.2) is 140 Å². The monoisotopic (exact) mass is 1410 g/mol. The van der Waals surface area contributed by atoms with Crippen molar-refractivity contribution in [2.75, 3.05) is 19.8 Å². The van der Waals surface area contributed by atoms with Crippen molar-refractivity contribution < 1.29 is 64.6 Å². The van der Waals surface area contributed by atoms with Crippen LogP contribution >= 0.6 is 0 Å². The molecule has 574 valence electrons. The third-order valence-electron chi connectivity index (χ3n) is 18.1. The van der Waals surface area contributed by atoms with Gasteiger partial charge in [-0.25, -0.2) is 0 Å². The van der Waals surface area contributed by atoms with Crippen molar-refractivity contribution in [3.05, 3.63) is 170 Å². The molecular weight excluding hydrogens is 1270 g/mol. The summed E-state index contributed by atoms with van der Waals surface area (Å²) in [4.78, 5) is 13.4. The lowest BCUT2D eigenvalue weighted by molar-refractivity contribution is -0.359. The van der Waals surface area contributed by atoms with Crippen molar-refractivity contribution in [3.63, 3.8) is 0 Å². The first kappa shape index (κ1) is 92.4. The lowest BCUT2D eigenvalue weighted by atomic mass is 9.97. The molecule has 0 bridgehead atoms. The van der Waals surface area contributed by atoms with E-state index in [0.717, 1.165) is 116 Å². The van der Waals surface area contributed by atoms with E-state index in [1.807, 2.05) is 6.08 Å². The number of carbonyl (C=O) groups is 1. The number of nitrogens with one attached hydrogen (secondary N) is 1. The van der Waals surface area contributed by atoms with Crippen molar-refractivity contribution in [1.29, 1.82) is 0 Å². The van der Waals surface area contributed by atoms with Gasteiger partial charge in [-0.2, -0.15) is 0 Å². The Labute approximate surface area is 613 Å². The third kappa shape index (κ3) is 51.2. The smallest absolute Gasteiger partial charge is 0.220 e. The highest BCUT2D eigenvalue weighted by atomic mass is 16.7. The maximum absolute atomic E-state index is 13.4. The standard InChI is InChI=1S/C87H143NO13/c1-3-5-7-9-11-13-15-17-19-21-23-25-27-29-31-33-35-36-37-38-39-40-41-43-45-47-49-51-53-55-57-59-61-63-65-67-69-71-79(92)88-75(74-98-86-84(97)82(95)85(78(73-90)100-86)101-87-83(96)81(94)80(93)77(72-89)99-87)76(91)70-68-66-64-62-60-58-56-54-52-50-48-46-44-42-34-32-30-28-26-24-22-20-18-16-14-12-10-8-6-4-2/h5,7,11,13,17,19,23,25,29,31,35-36,38-39,41,43,47,49,52-55,59-62,68,70,75-78,80-87,89-91,93-97H,3-4,6,8-10,12,14-16,18,20-22,24,26-28,30,32-34,37,40,42,44-46,48,50-51,56-58,63-67,69,71-74H2,1-2H3,(H,88,92)/b7-5-,13-11-,19-17-,25-23-,31-29-,36-35-,39-38-,43-41-,49-47-,54-52+,55-53-,61-59-,62-60+,70-68+. The van der Waals surface area contributed by atoms with Gasteiger partial charge < -0.3 is 65.1 Å². The van der Waals surface area contributed by atoms with Crippen molar-refractivity contribution >= 4 is 5.91 Å². The average molecular weight is 1410 g/mol. The molecule has 0 saturated carbocycles. The highest BCUT2D eigenvalue weighted by molar-refractivity contribution is 5.76. The molecule has 0 aromatic carbocycles. The maximum Gasteiger partial charge on any atom is 0.220 e. The van der Waals surface area contributed by atoms with Crippen molar-refractivity contribution in [2.45, 2.75) is 351 Å². The van der Waals surface area contributed by atoms with Gasteiger partial charge in [0.25, 0.3) is 0 Å². The van der Waals surface area contributed by atoms with Crippen LogP contribution in [0.4, 0.5) is 0 Å². The van der Waals surface area contributed by atoms with Crippen LogP contribution in [0.2, 0.25) is 0 Å². The van der Waals surface area contributed by atoms with Crippen molar-refractivity contribution in [2.24, 2.45) is 0 Å². The van der Waals surface area contributed by atoms with E-state index < -0.39 is 86.8 Å². The molecule has 9 N–H and O–H groups in total. The Balaban J connectivity index is 1.69. The Morgan fingerprint density at radius 2 is 0.693 bits per heavy atom. The van der Waals surface area contributed by atoms with Crippen LogP contribution in [0.15, 0.2) is 170 Å². The molecule has 14 heteroatoms. The van der Waals surface area contributed by atoms with Gasteiger partial charge in [-0.15, -0.1) is 0 Å². The largest absolute Gasteiger partial charge is 0.394 e. The number of unbranched alkanes of at least 4 members (excludes halogenated alkanes) is 25. The van der Waals surface area contributed by atoms with Crippen LogP contribution in [0, 0.1) is 0 Å². The molecular formula is C87H143NO13. The minimum absolute atomic E-state index is 0.218. The summed E-state index contributed by atoms with van der Waals surface area (Å²) < 4.78 is 22.8. The Hall–Kier alpha value is -4.65. The van der Waals surface area contributed by atoms with Crippen LogP contribution in [0.5, 0.6) is 0 Å². The van der Waals surface area contributed by atoms with Gasteiger partial charge in [-0.05, 0) is 128 Å². The summed E-state index contributed by atoms with van der Waals surface area (Å²) in [5.74, 6) is -0.290. The van der Waals surface area contributed by atoms with Gasteiger partial charge in [0, 0.05) is 6.42 Å². The van der Waals surface area contributed by atoms with E-state index >= 15 is 0 Å². The minimum Gasteiger partial charge on any atom is -0.394 e. The molecule has 0 radical (unpaired) electrons. The fourth-order valence-electron chi connectivity index (χ4n) is 11.9. The Morgan fingerprint density at radius 1 is 0.366 bits per heavy atom. The molecule has 2 heterocycles. The average Bonchev–Trinajstić information content (AvgIpc) is 0.792. The highest BCUT2D eigenvalue weighted by Crippen LogP contribution is 2.30. The predicted octanol–water partition coefficient (Wildman–Crippen LogP) is 18.3. The number of amides is 1. The summed E-state index contributed by atoms with van der Waals surface area (Å²) in [6, 6.07) is -0.972. The molecule has 0 aliphatic carbocycles. The van der Waals surface area contributed by atoms with E-state index in [2.05, 4.69) is 177 Å². The predicted molar refractivity (Wildman–Crippen MR) is 419 cm³/mol. The number of ether oxygens (including phenoxy) is 4. The number of carbonyl (C=O) groups excluding carboxylic acids is 1. The SMILES string of the molecule is CC/C=C\C/C=C\C/C=C\C/C=C\C/C=C\C/C=C\C/C=C\C/C=C\C/C=C\C/C=C\C/C=C\CCCCCC(=O)NC(COC1OC(CO)C(OC2OC(CO)C(O)C(O)C2O)C(O)C1O)C(O)/C=C/CC/C=C/CC/C=C/CCCCCCCCCCCCCCCCCCCCCC. The Bertz CT molecular complexity index is 2360. The number of allylic oxidation sites excluding steroid dienone is 27. The number of aliphatic hydroxyl groups excluding tert-OH is 8. The molecule has 0 aromatic rings. The molecule has 0 aromatic heterocycles. The van der Waals surface area contributed by atoms with Gasteiger partial charge in [0.1, 0.15) is 48.8 Å². The first-order valence-corrected chi connectivity index (χ1v) is 39.9. The number of hydrogen-bond acceptors (Lipinski definition) is 13. The second kappa shape index (κ2) is 68.5. The second-order valence-electron chi connectivity index (χ2n) is 27.1. The highest BCUT2D eigenvalue weighted by Gasteiger charge is 2.51. The fourth-order valence-corrected chi connectivity index (χ4v) is 11.9. The summed E-state index contributed by atoms with van der Waals surface area (Å²) in [5.41, 5.74) is 0. The van der Waals surface area contributed by atoms with Crippen molar-refractivity contribution in [1.82, 2.24) is 5.32 Å². The second-order valence-corrected chi connectivity index (χ2v) is 27.1. The molecule has 2 rings (SSSR count). The van der Waals surface area contributed by atoms with Crippen LogP contribution in [-0.2, 0) is 23.7 Å². The summed E-state index contributed by atoms with van der Waals surface area (Å²) in [7, 11) is 0. The lowest BCUT2D eigenvalue weighted by Crippen LogP contribution is -2.65. The van der Waals surface area contributed by atoms with Crippen LogP contribution < -0.4 is 5.32 Å². The van der Waals surface area contributed by atoms with E-state index in [0.29, 0.717) is 12.8 Å². The van der Waals surface area contributed by atoms with Crippen molar-refractivity contribution in [3.8, 4) is 0 Å². The first-order valence-electron chi connectivity index (χ1n) is 39.9. The van der Waals surface area contributed by atoms with Gasteiger partial charge in [0.2, 0.25) is 5.91 Å². The Kier molecular flexibility index (Phi) is 62.7. The topological polar surface area (TPSA) is 228 Å². The summed E-state index contributed by atoms with van der Waals surface area (Å²) >= 11 is 0. The third-order valence-corrected chi connectivity index (χ3v) is 18.1. The van der Waals surface area contributed by atoms with Crippen LogP contribution in [0.1, 0.15) is 277 Å². The summed E-state index contributed by atoms with van der Waals surface area (Å²) in [6.07, 6.45) is 90.0. The molecule has 101 heavy (non-hydrogen) atoms. The van der Waals surface area contributed by atoms with Gasteiger partial charge in [0.05, 0.1) is 32.0 Å². The minimum atomic E-state index is -1.81. The van der Waals surface area contributed by atoms with E-state index in [4.69, 9.17) is 18.9 Å². The fraction of sp³-hybridized carbons (Fsp3) is 0.667. The van der Waals surface area contributed by atoms with Gasteiger partial charge >= 0.3 is 0 Å². The zero-order valence-electron chi connectivity index (χ0n) is 62.8. The van der Waals surface area contributed by atoms with Gasteiger partial charge in [0.15, 0.2) is 12.6 Å². The maximum atomic E-state index is 13.4. The quantitative estimate of drug-likeness (QED) is 0.0204. The number of aliphatic hydroxyl groups is 8. The number of hydrogen-bond donors (Lipinski definition) is 9. The van der Waals surface area contributed by atoms with E-state index in [-0.39, 0.29) is 18.9 Å². The summed E-state index contributed by atoms with van der Waals surface area (Å²) in [5, 5.41) is 87.6. The van der Waals surface area contributed by atoms with E-state index in [1.54, 1.807) is 6.08 Å². The summed E-state index contributed by atoms with van der Waals surface area (Å²) in [6.45, 7) is 2.65. The Morgan fingerprint density at radius 3 is 1.09 bits per heavy atom. The van der Waals surface area contributed by atoms with Gasteiger partial charge in [-0.1, -0.05) is 312 Å². The lowest BCUT2D eigenvalue weighted by Gasteiger charge is -2.46. The molecule has 2 saturated heterocycles. The molecule has 1 amide bonds. The van der Waals surface area contributed by atoms with Crippen LogP contribution in [0.3, 0.4) is 0 Å². The molecule has 2 aliphatic rings. The number of rotatable bonds is 64. The normalized spacial score (nSPS) is 22.7. The zero-order valence-corrected chi connectivity index (χ0v) is 62.8.